The van der Waals surface area contributed by atoms with Crippen molar-refractivity contribution in [3.05, 3.63) is 72.6 Å². The first kappa shape index (κ1) is 16.6. The molecule has 0 fully saturated rings. The van der Waals surface area contributed by atoms with Gasteiger partial charge in [0, 0.05) is 56.5 Å². The van der Waals surface area contributed by atoms with Gasteiger partial charge in [-0.1, -0.05) is 18.2 Å². The largest absolute Gasteiger partial charge is 0.454 e. The van der Waals surface area contributed by atoms with Crippen LogP contribution in [0.3, 0.4) is 0 Å². The maximum absolute atomic E-state index is 5.67. The van der Waals surface area contributed by atoms with Gasteiger partial charge in [-0.15, -0.1) is 0 Å². The van der Waals surface area contributed by atoms with Crippen LogP contribution in [0.4, 0.5) is 0 Å². The molecule has 0 unspecified atom stereocenters. The standard InChI is InChI=1S/C20H22N4O2/c1-5-18(20-19(6-1)25-16-26-20)14-24(13-17-4-2-7-21-12-17)10-3-9-23-11-8-22-15-23/h1-2,4-8,11-12,15H,3,9-10,13-14,16H2. The first-order valence-electron chi connectivity index (χ1n) is 8.83. The highest BCUT2D eigenvalue weighted by molar-refractivity contribution is 5.48. The number of nitrogens with zero attached hydrogens (tertiary/aromatic N) is 4. The highest BCUT2D eigenvalue weighted by Crippen LogP contribution is 2.36. The molecule has 0 atom stereocenters. The summed E-state index contributed by atoms with van der Waals surface area (Å²) in [6, 6.07) is 10.2. The lowest BCUT2D eigenvalue weighted by Crippen LogP contribution is -2.25. The van der Waals surface area contributed by atoms with Gasteiger partial charge in [0.05, 0.1) is 6.33 Å². The molecule has 3 aromatic rings. The number of pyridine rings is 1. The monoisotopic (exact) mass is 350 g/mol. The topological polar surface area (TPSA) is 52.4 Å². The molecular formula is C20H22N4O2. The van der Waals surface area contributed by atoms with Crippen LogP contribution >= 0.6 is 0 Å². The van der Waals surface area contributed by atoms with Crippen LogP contribution in [0, 0.1) is 0 Å². The number of fused-ring (bicyclic) bond motifs is 1. The van der Waals surface area contributed by atoms with Crippen molar-refractivity contribution in [3.63, 3.8) is 0 Å². The lowest BCUT2D eigenvalue weighted by atomic mass is 10.1. The fourth-order valence-corrected chi connectivity index (χ4v) is 3.22. The highest BCUT2D eigenvalue weighted by atomic mass is 16.7. The van der Waals surface area contributed by atoms with Crippen molar-refractivity contribution in [1.82, 2.24) is 19.4 Å². The van der Waals surface area contributed by atoms with Crippen molar-refractivity contribution in [2.24, 2.45) is 0 Å². The van der Waals surface area contributed by atoms with Crippen LogP contribution in [-0.2, 0) is 19.6 Å². The molecule has 6 heteroatoms. The molecule has 0 saturated heterocycles. The third-order valence-corrected chi connectivity index (χ3v) is 4.45. The van der Waals surface area contributed by atoms with Crippen LogP contribution in [0.5, 0.6) is 11.5 Å². The molecule has 3 heterocycles. The van der Waals surface area contributed by atoms with Crippen molar-refractivity contribution < 1.29 is 9.47 Å². The summed E-state index contributed by atoms with van der Waals surface area (Å²) < 4.78 is 13.3. The number of hydrogen-bond donors (Lipinski definition) is 0. The summed E-state index contributed by atoms with van der Waals surface area (Å²) in [6.45, 7) is 3.89. The first-order chi connectivity index (χ1) is 12.9. The summed E-state index contributed by atoms with van der Waals surface area (Å²) in [5.41, 5.74) is 2.37. The number of hydrogen-bond acceptors (Lipinski definition) is 5. The molecule has 4 rings (SSSR count). The number of ether oxygens (including phenoxy) is 2. The molecule has 134 valence electrons. The summed E-state index contributed by atoms with van der Waals surface area (Å²) in [7, 11) is 0. The van der Waals surface area contributed by atoms with Gasteiger partial charge in [0.2, 0.25) is 6.79 Å². The Kier molecular flexibility index (Phi) is 5.12. The zero-order valence-electron chi connectivity index (χ0n) is 14.6. The highest BCUT2D eigenvalue weighted by Gasteiger charge is 2.19. The number of aromatic nitrogens is 3. The van der Waals surface area contributed by atoms with Gasteiger partial charge < -0.3 is 14.0 Å². The number of benzene rings is 1. The third-order valence-electron chi connectivity index (χ3n) is 4.45. The number of rotatable bonds is 8. The van der Waals surface area contributed by atoms with Gasteiger partial charge in [-0.3, -0.25) is 9.88 Å². The Morgan fingerprint density at radius 1 is 1.04 bits per heavy atom. The fraction of sp³-hybridized carbons (Fsp3) is 0.300. The molecule has 0 spiro atoms. The lowest BCUT2D eigenvalue weighted by Gasteiger charge is -2.23. The van der Waals surface area contributed by atoms with E-state index in [1.54, 1.807) is 0 Å². The Labute approximate surface area is 153 Å². The summed E-state index contributed by atoms with van der Waals surface area (Å²) in [6.07, 6.45) is 10.5. The van der Waals surface area contributed by atoms with Crippen molar-refractivity contribution in [2.45, 2.75) is 26.1 Å². The zero-order valence-corrected chi connectivity index (χ0v) is 14.6. The molecule has 1 aliphatic rings. The summed E-state index contributed by atoms with van der Waals surface area (Å²) in [4.78, 5) is 10.8. The molecule has 0 amide bonds. The quantitative estimate of drug-likeness (QED) is 0.625. The third kappa shape index (κ3) is 4.03. The molecule has 0 saturated carbocycles. The predicted octanol–water partition coefficient (Wildman–Crippen LogP) is 3.10. The van der Waals surface area contributed by atoms with E-state index in [1.165, 1.54) is 5.56 Å². The van der Waals surface area contributed by atoms with Crippen LogP contribution in [0.15, 0.2) is 61.4 Å². The molecule has 0 N–H and O–H groups in total. The second-order valence-corrected chi connectivity index (χ2v) is 6.38. The minimum atomic E-state index is 0.301. The number of imidazole rings is 1. The van der Waals surface area contributed by atoms with E-state index in [1.807, 2.05) is 49.3 Å². The van der Waals surface area contributed by atoms with Crippen LogP contribution in [-0.4, -0.2) is 32.8 Å². The second-order valence-electron chi connectivity index (χ2n) is 6.38. The van der Waals surface area contributed by atoms with Gasteiger partial charge in [-0.25, -0.2) is 4.98 Å². The van der Waals surface area contributed by atoms with Crippen LogP contribution in [0.2, 0.25) is 0 Å². The SMILES string of the molecule is c1cncc(CN(CCCn2ccnc2)Cc2cccc3c2OCO3)c1. The number of para-hydroxylation sites is 1. The zero-order chi connectivity index (χ0) is 17.6. The van der Waals surface area contributed by atoms with E-state index in [-0.39, 0.29) is 0 Å². The van der Waals surface area contributed by atoms with Gasteiger partial charge in [0.25, 0.3) is 0 Å². The second kappa shape index (κ2) is 8.01. The van der Waals surface area contributed by atoms with Crippen molar-refractivity contribution in [2.75, 3.05) is 13.3 Å². The van der Waals surface area contributed by atoms with E-state index < -0.39 is 0 Å². The Hall–Kier alpha value is -2.86. The maximum atomic E-state index is 5.67. The average molecular weight is 350 g/mol. The molecule has 1 aliphatic heterocycles. The lowest BCUT2D eigenvalue weighted by molar-refractivity contribution is 0.171. The Bertz CT molecular complexity index is 821. The maximum Gasteiger partial charge on any atom is 0.231 e. The fourth-order valence-electron chi connectivity index (χ4n) is 3.22. The molecule has 0 bridgehead atoms. The van der Waals surface area contributed by atoms with Crippen molar-refractivity contribution in [1.29, 1.82) is 0 Å². The van der Waals surface area contributed by atoms with Crippen molar-refractivity contribution >= 4 is 0 Å². The minimum Gasteiger partial charge on any atom is -0.454 e. The normalized spacial score (nSPS) is 12.7. The molecular weight excluding hydrogens is 328 g/mol. The van der Waals surface area contributed by atoms with Crippen molar-refractivity contribution in [3.8, 4) is 11.5 Å². The van der Waals surface area contributed by atoms with E-state index in [0.717, 1.165) is 49.7 Å². The van der Waals surface area contributed by atoms with Gasteiger partial charge in [-0.05, 0) is 24.1 Å². The van der Waals surface area contributed by atoms with Crippen LogP contribution in [0.1, 0.15) is 17.5 Å². The summed E-state index contributed by atoms with van der Waals surface area (Å²) >= 11 is 0. The first-order valence-corrected chi connectivity index (χ1v) is 8.83. The minimum absolute atomic E-state index is 0.301. The van der Waals surface area contributed by atoms with Gasteiger partial charge in [0.15, 0.2) is 11.5 Å². The van der Waals surface area contributed by atoms with Gasteiger partial charge in [0.1, 0.15) is 0 Å². The molecule has 0 radical (unpaired) electrons. The average Bonchev–Trinajstić information content (AvgIpc) is 3.34. The van der Waals surface area contributed by atoms with Crippen LogP contribution in [0.25, 0.3) is 0 Å². The molecule has 26 heavy (non-hydrogen) atoms. The Balaban J connectivity index is 1.45. The summed E-state index contributed by atoms with van der Waals surface area (Å²) in [5.74, 6) is 1.71. The van der Waals surface area contributed by atoms with Gasteiger partial charge in [-0.2, -0.15) is 0 Å². The van der Waals surface area contributed by atoms with Gasteiger partial charge >= 0.3 is 0 Å². The predicted molar refractivity (Wildman–Crippen MR) is 97.8 cm³/mol. The van der Waals surface area contributed by atoms with Crippen LogP contribution < -0.4 is 9.47 Å². The molecule has 1 aromatic carbocycles. The smallest absolute Gasteiger partial charge is 0.231 e. The Morgan fingerprint density at radius 3 is 2.88 bits per heavy atom. The Morgan fingerprint density at radius 2 is 2.04 bits per heavy atom. The van der Waals surface area contributed by atoms with E-state index >= 15 is 0 Å². The van der Waals surface area contributed by atoms with E-state index in [0.29, 0.717) is 6.79 Å². The van der Waals surface area contributed by atoms with E-state index in [2.05, 4.69) is 31.6 Å². The van der Waals surface area contributed by atoms with E-state index in [9.17, 15) is 0 Å². The summed E-state index contributed by atoms with van der Waals surface area (Å²) in [5, 5.41) is 0. The molecule has 0 aliphatic carbocycles. The molecule has 6 nitrogen and oxygen atoms in total. The van der Waals surface area contributed by atoms with E-state index in [4.69, 9.17) is 9.47 Å². The molecule has 2 aromatic heterocycles. The number of aryl methyl sites for hydroxylation is 1.